The molecule has 2 aromatic rings. The van der Waals surface area contributed by atoms with E-state index in [4.69, 9.17) is 24.6 Å². The number of nitrogen functional groups attached to an aromatic ring is 1. The zero-order valence-corrected chi connectivity index (χ0v) is 19.1. The third kappa shape index (κ3) is 5.06. The Bertz CT molecular complexity index is 1340. The van der Waals surface area contributed by atoms with E-state index in [0.29, 0.717) is 35.8 Å². The molecule has 2 aromatic carbocycles. The topological polar surface area (TPSA) is 108 Å². The quantitative estimate of drug-likeness (QED) is 0.134. The van der Waals surface area contributed by atoms with Crippen molar-refractivity contribution in [3.05, 3.63) is 53.9 Å². The van der Waals surface area contributed by atoms with Gasteiger partial charge >= 0.3 is 11.9 Å². The summed E-state index contributed by atoms with van der Waals surface area (Å²) in [6.07, 6.45) is 0.372. The molecule has 0 saturated carbocycles. The molecule has 1 aliphatic carbocycles. The smallest absolute Gasteiger partial charge is 0.311 e. The highest BCUT2D eigenvalue weighted by atomic mass is 35.5. The van der Waals surface area contributed by atoms with Crippen LogP contribution in [0.4, 0.5) is 5.69 Å². The van der Waals surface area contributed by atoms with Gasteiger partial charge in [0.15, 0.2) is 24.4 Å². The third-order valence-corrected chi connectivity index (χ3v) is 5.40. The van der Waals surface area contributed by atoms with Crippen LogP contribution in [0.2, 0.25) is 0 Å². The van der Waals surface area contributed by atoms with Crippen molar-refractivity contribution in [2.75, 3.05) is 33.0 Å². The van der Waals surface area contributed by atoms with Crippen molar-refractivity contribution >= 4 is 39.5 Å². The van der Waals surface area contributed by atoms with E-state index in [0.717, 1.165) is 21.6 Å². The van der Waals surface area contributed by atoms with Gasteiger partial charge in [0, 0.05) is 28.6 Å². The monoisotopic (exact) mass is 469 g/mol. The molecule has 33 heavy (non-hydrogen) atoms. The maximum atomic E-state index is 11.7. The fourth-order valence-electron chi connectivity index (χ4n) is 3.69. The zero-order valence-electron chi connectivity index (χ0n) is 18.3. The van der Waals surface area contributed by atoms with Gasteiger partial charge in [-0.25, -0.2) is 9.56 Å². The minimum absolute atomic E-state index is 0. The molecule has 2 N–H and O–H groups in total. The lowest BCUT2D eigenvalue weighted by atomic mass is 10.1. The maximum absolute atomic E-state index is 11.7. The number of rotatable bonds is 6. The highest BCUT2D eigenvalue weighted by Crippen LogP contribution is 2.32. The van der Waals surface area contributed by atoms with Crippen molar-refractivity contribution in [1.82, 2.24) is 9.56 Å². The van der Waals surface area contributed by atoms with Crippen LogP contribution in [0.15, 0.2) is 52.9 Å². The minimum atomic E-state index is -0.325. The largest absolute Gasteiger partial charge is 1.00 e. The van der Waals surface area contributed by atoms with E-state index in [-0.39, 0.29) is 37.2 Å². The Morgan fingerprint density at radius 1 is 0.970 bits per heavy atom. The molecule has 4 rings (SSSR count). The molecule has 1 heterocycles. The Morgan fingerprint density at radius 2 is 1.61 bits per heavy atom. The molecular weight excluding hydrogens is 446 g/mol. The predicted octanol–water partition coefficient (Wildman–Crippen LogP) is -0.430. The van der Waals surface area contributed by atoms with E-state index in [1.807, 2.05) is 47.0 Å². The number of fused-ring (bicyclic) bond motifs is 4. The fraction of sp³-hybridized carbons (Fsp3) is 0.250. The Kier molecular flexibility index (Phi) is 7.50. The average Bonchev–Trinajstić information content (AvgIpc) is 2.82. The lowest BCUT2D eigenvalue weighted by Crippen LogP contribution is -3.00. The molecule has 1 aliphatic heterocycles. The molecule has 0 aromatic heterocycles. The number of benzene rings is 3. The number of esters is 2. The summed E-state index contributed by atoms with van der Waals surface area (Å²) in [6.45, 7) is 0.765. The van der Waals surface area contributed by atoms with Gasteiger partial charge in [-0.05, 0) is 6.07 Å². The molecule has 0 fully saturated rings. The van der Waals surface area contributed by atoms with Crippen LogP contribution in [0, 0.1) is 0 Å². The van der Waals surface area contributed by atoms with Crippen LogP contribution >= 0.6 is 0 Å². The summed E-state index contributed by atoms with van der Waals surface area (Å²) in [5.41, 5.74) is 8.86. The normalized spacial score (nSPS) is 10.7. The molecule has 0 amide bonds. The van der Waals surface area contributed by atoms with Gasteiger partial charge in [0.05, 0.1) is 20.3 Å². The van der Waals surface area contributed by atoms with E-state index >= 15 is 0 Å². The van der Waals surface area contributed by atoms with Crippen molar-refractivity contribution in [2.24, 2.45) is 0 Å². The van der Waals surface area contributed by atoms with Crippen molar-refractivity contribution in [2.45, 2.75) is 12.8 Å². The fourth-order valence-corrected chi connectivity index (χ4v) is 3.69. The van der Waals surface area contributed by atoms with Gasteiger partial charge in [0.1, 0.15) is 24.1 Å². The summed E-state index contributed by atoms with van der Waals surface area (Å²) in [6, 6.07) is 15.2. The summed E-state index contributed by atoms with van der Waals surface area (Å²) >= 11 is 0. The van der Waals surface area contributed by atoms with Crippen LogP contribution in [-0.4, -0.2) is 44.2 Å². The van der Waals surface area contributed by atoms with E-state index in [1.54, 1.807) is 6.07 Å². The average molecular weight is 470 g/mol. The molecular formula is C24H24ClN3O5. The maximum Gasteiger partial charge on any atom is 0.311 e. The standard InChI is InChI=1S/C24H23N3O5.ClH/c1-30-22(28)9-11-27(12-10-23(29)31-2)15-7-8-19-20(13-15)32-21-14-18(25)16-5-3-4-6-17(16)24(21)26-19;/h3-8,13-14,25H,9-12H2,1-2H3;1H. The highest BCUT2D eigenvalue weighted by Gasteiger charge is 2.17. The number of carbonyl (C=O) groups is 2. The predicted molar refractivity (Wildman–Crippen MR) is 121 cm³/mol. The number of carbonyl (C=O) groups excluding carboxylic acids is 2. The molecule has 0 radical (unpaired) electrons. The number of aromatic nitrogens is 1. The van der Waals surface area contributed by atoms with Gasteiger partial charge in [-0.3, -0.25) is 9.59 Å². The second kappa shape index (κ2) is 10.3. The summed E-state index contributed by atoms with van der Waals surface area (Å²) in [5.74, 6) is -0.0760. The van der Waals surface area contributed by atoms with Gasteiger partial charge in [0.2, 0.25) is 5.36 Å². The number of ether oxygens (including phenoxy) is 2. The molecule has 0 unspecified atom stereocenters. The molecule has 0 atom stereocenters. The zero-order chi connectivity index (χ0) is 22.7. The SMILES string of the molecule is COC(=O)CC[N+](CCC(=O)OC)=c1ccc2nc3c(cc(N)c4ccccc43)oc-2c1.[Cl-]. The van der Waals surface area contributed by atoms with Crippen molar-refractivity contribution in [1.29, 1.82) is 0 Å². The van der Waals surface area contributed by atoms with Crippen molar-refractivity contribution in [3.63, 3.8) is 0 Å². The van der Waals surface area contributed by atoms with E-state index < -0.39 is 0 Å². The van der Waals surface area contributed by atoms with Crippen LogP contribution < -0.4 is 28.1 Å². The number of anilines is 1. The van der Waals surface area contributed by atoms with Crippen LogP contribution in [0.5, 0.6) is 0 Å². The van der Waals surface area contributed by atoms with Gasteiger partial charge in [-0.15, -0.1) is 0 Å². The lowest BCUT2D eigenvalue weighted by molar-refractivity contribution is -0.140. The number of halogens is 1. The van der Waals surface area contributed by atoms with E-state index in [2.05, 4.69) is 0 Å². The molecule has 2 aliphatic rings. The second-order valence-corrected chi connectivity index (χ2v) is 7.36. The molecule has 0 spiro atoms. The second-order valence-electron chi connectivity index (χ2n) is 7.36. The van der Waals surface area contributed by atoms with Gasteiger partial charge in [-0.2, -0.15) is 0 Å². The number of nitrogens with two attached hydrogens (primary N) is 1. The van der Waals surface area contributed by atoms with Gasteiger partial charge in [0.25, 0.3) is 0 Å². The molecule has 9 heteroatoms. The van der Waals surface area contributed by atoms with Crippen molar-refractivity contribution < 1.29 is 35.9 Å². The Labute approximate surface area is 196 Å². The number of hydrogen-bond donors (Lipinski definition) is 1. The number of methoxy groups -OCH3 is 2. The van der Waals surface area contributed by atoms with Crippen LogP contribution in [0.1, 0.15) is 12.8 Å². The number of nitrogens with zero attached hydrogens (tertiary/aromatic N) is 2. The molecule has 8 nitrogen and oxygen atoms in total. The first-order valence-corrected chi connectivity index (χ1v) is 10.2. The lowest BCUT2D eigenvalue weighted by Gasteiger charge is -2.10. The van der Waals surface area contributed by atoms with E-state index in [9.17, 15) is 9.59 Å². The first kappa shape index (κ1) is 24.0. The van der Waals surface area contributed by atoms with Gasteiger partial charge in [-0.1, -0.05) is 24.3 Å². The van der Waals surface area contributed by atoms with Crippen LogP contribution in [0.25, 0.3) is 33.3 Å². The summed E-state index contributed by atoms with van der Waals surface area (Å²) in [5, 5.41) is 2.65. The Balaban J connectivity index is 0.00000306. The molecule has 172 valence electrons. The summed E-state index contributed by atoms with van der Waals surface area (Å²) < 4.78 is 17.6. The van der Waals surface area contributed by atoms with Crippen molar-refractivity contribution in [3.8, 4) is 11.5 Å². The number of hydrogen-bond acceptors (Lipinski definition) is 7. The Morgan fingerprint density at radius 3 is 2.24 bits per heavy atom. The summed E-state index contributed by atoms with van der Waals surface area (Å²) in [7, 11) is 2.70. The van der Waals surface area contributed by atoms with Crippen LogP contribution in [-0.2, 0) is 19.1 Å². The first-order valence-electron chi connectivity index (χ1n) is 10.2. The Hall–Kier alpha value is -3.65. The minimum Gasteiger partial charge on any atom is -1.00 e. The van der Waals surface area contributed by atoms with Crippen LogP contribution in [0.3, 0.4) is 0 Å². The highest BCUT2D eigenvalue weighted by molar-refractivity contribution is 6.09. The molecule has 0 bridgehead atoms. The molecule has 0 saturated heterocycles. The summed E-state index contributed by atoms with van der Waals surface area (Å²) in [4.78, 5) is 28.1. The third-order valence-electron chi connectivity index (χ3n) is 5.40. The van der Waals surface area contributed by atoms with Gasteiger partial charge < -0.3 is 32.0 Å². The van der Waals surface area contributed by atoms with E-state index in [1.165, 1.54) is 14.2 Å². The first-order chi connectivity index (χ1) is 15.5.